The fourth-order valence-electron chi connectivity index (χ4n) is 1.19. The molecule has 1 aromatic heterocycles. The molecular weight excluding hydrogens is 178 g/mol. The average Bonchev–Trinajstić information content (AvgIpc) is 2.65. The van der Waals surface area contributed by atoms with Crippen LogP contribution in [-0.2, 0) is 11.3 Å². The molecule has 1 aromatic rings. The summed E-state index contributed by atoms with van der Waals surface area (Å²) in [6.45, 7) is 4.51. The molecule has 0 aliphatic rings. The number of carbonyl (C=O) groups is 1. The topological polar surface area (TPSA) is 31.2 Å². The van der Waals surface area contributed by atoms with E-state index in [0.29, 0.717) is 6.61 Å². The average molecular weight is 195 g/mol. The Bertz CT molecular complexity index is 268. The van der Waals surface area contributed by atoms with Gasteiger partial charge in [-0.3, -0.25) is 4.79 Å². The van der Waals surface area contributed by atoms with Gasteiger partial charge in [0.05, 0.1) is 6.61 Å². The first kappa shape index (κ1) is 11.0. The summed E-state index contributed by atoms with van der Waals surface area (Å²) in [6, 6.07) is 1.80. The van der Waals surface area contributed by atoms with Gasteiger partial charge >= 0.3 is 0 Å². The number of nitrogens with zero attached hydrogens (tertiary/aromatic N) is 1. The molecule has 3 heteroatoms. The Kier molecular flexibility index (Phi) is 5.00. The van der Waals surface area contributed by atoms with E-state index in [1.165, 1.54) is 6.42 Å². The van der Waals surface area contributed by atoms with Crippen molar-refractivity contribution >= 4 is 6.29 Å². The molecule has 1 heterocycles. The second-order valence-electron chi connectivity index (χ2n) is 3.27. The number of hydrogen-bond donors (Lipinski definition) is 0. The highest BCUT2D eigenvalue weighted by Crippen LogP contribution is 1.98. The molecule has 1 rings (SSSR count). The van der Waals surface area contributed by atoms with Gasteiger partial charge in [0, 0.05) is 31.1 Å². The van der Waals surface area contributed by atoms with Gasteiger partial charge in [-0.1, -0.05) is 13.3 Å². The van der Waals surface area contributed by atoms with E-state index >= 15 is 0 Å². The van der Waals surface area contributed by atoms with Crippen LogP contribution in [0.4, 0.5) is 0 Å². The number of hydrogen-bond acceptors (Lipinski definition) is 2. The number of ether oxygens (including phenoxy) is 1. The van der Waals surface area contributed by atoms with Crippen molar-refractivity contribution in [2.75, 3.05) is 13.2 Å². The van der Waals surface area contributed by atoms with E-state index in [4.69, 9.17) is 4.74 Å². The lowest BCUT2D eigenvalue weighted by Crippen LogP contribution is -2.04. The zero-order chi connectivity index (χ0) is 10.2. The van der Waals surface area contributed by atoms with Crippen molar-refractivity contribution in [1.29, 1.82) is 0 Å². The minimum absolute atomic E-state index is 0.715. The summed E-state index contributed by atoms with van der Waals surface area (Å²) < 4.78 is 7.38. The standard InChI is InChI=1S/C11H17NO2/c1-2-3-7-14-8-6-12-5-4-11(9-12)10-13/h4-5,9-10H,2-3,6-8H2,1H3. The van der Waals surface area contributed by atoms with Crippen molar-refractivity contribution in [3.8, 4) is 0 Å². The summed E-state index contributed by atoms with van der Waals surface area (Å²) in [5, 5.41) is 0. The van der Waals surface area contributed by atoms with E-state index in [2.05, 4.69) is 6.92 Å². The molecule has 0 amide bonds. The largest absolute Gasteiger partial charge is 0.380 e. The molecule has 0 bridgehead atoms. The van der Waals surface area contributed by atoms with E-state index in [1.54, 1.807) is 6.07 Å². The van der Waals surface area contributed by atoms with Crippen LogP contribution >= 0.6 is 0 Å². The second kappa shape index (κ2) is 6.38. The van der Waals surface area contributed by atoms with E-state index in [-0.39, 0.29) is 0 Å². The van der Waals surface area contributed by atoms with Gasteiger partial charge in [-0.2, -0.15) is 0 Å². The first-order chi connectivity index (χ1) is 6.86. The van der Waals surface area contributed by atoms with Gasteiger partial charge in [-0.25, -0.2) is 0 Å². The van der Waals surface area contributed by atoms with Crippen LogP contribution < -0.4 is 0 Å². The number of aromatic nitrogens is 1. The van der Waals surface area contributed by atoms with Gasteiger partial charge in [0.15, 0.2) is 6.29 Å². The van der Waals surface area contributed by atoms with Crippen LogP contribution in [0.1, 0.15) is 30.1 Å². The maximum atomic E-state index is 10.4. The lowest BCUT2D eigenvalue weighted by molar-refractivity contribution is 0.112. The third kappa shape index (κ3) is 3.75. The third-order valence-corrected chi connectivity index (χ3v) is 2.05. The second-order valence-corrected chi connectivity index (χ2v) is 3.27. The van der Waals surface area contributed by atoms with Gasteiger partial charge in [0.2, 0.25) is 0 Å². The maximum absolute atomic E-state index is 10.4. The van der Waals surface area contributed by atoms with Crippen LogP contribution in [0.3, 0.4) is 0 Å². The predicted octanol–water partition coefficient (Wildman–Crippen LogP) is 2.12. The summed E-state index contributed by atoms with van der Waals surface area (Å²) >= 11 is 0. The number of aldehydes is 1. The summed E-state index contributed by atoms with van der Waals surface area (Å²) in [6.07, 6.45) is 6.86. The molecular formula is C11H17NO2. The van der Waals surface area contributed by atoms with E-state index in [1.807, 2.05) is 17.0 Å². The summed E-state index contributed by atoms with van der Waals surface area (Å²) in [4.78, 5) is 10.4. The Balaban J connectivity index is 2.14. The minimum Gasteiger partial charge on any atom is -0.380 e. The molecule has 0 radical (unpaired) electrons. The van der Waals surface area contributed by atoms with Crippen LogP contribution in [0.2, 0.25) is 0 Å². The highest BCUT2D eigenvalue weighted by Gasteiger charge is 1.94. The van der Waals surface area contributed by atoms with Gasteiger partial charge in [-0.05, 0) is 12.5 Å². The molecule has 3 nitrogen and oxygen atoms in total. The van der Waals surface area contributed by atoms with Crippen LogP contribution in [0, 0.1) is 0 Å². The van der Waals surface area contributed by atoms with Crippen molar-refractivity contribution < 1.29 is 9.53 Å². The number of carbonyl (C=O) groups excluding carboxylic acids is 1. The lowest BCUT2D eigenvalue weighted by atomic mass is 10.4. The molecule has 0 aromatic carbocycles. The fourth-order valence-corrected chi connectivity index (χ4v) is 1.19. The van der Waals surface area contributed by atoms with E-state index in [9.17, 15) is 4.79 Å². The van der Waals surface area contributed by atoms with Gasteiger partial charge in [0.25, 0.3) is 0 Å². The molecule has 78 valence electrons. The minimum atomic E-state index is 0.715. The van der Waals surface area contributed by atoms with E-state index in [0.717, 1.165) is 31.4 Å². The smallest absolute Gasteiger partial charge is 0.151 e. The van der Waals surface area contributed by atoms with Crippen molar-refractivity contribution in [2.45, 2.75) is 26.3 Å². The molecule has 0 saturated carbocycles. The Morgan fingerprint density at radius 1 is 1.50 bits per heavy atom. The Morgan fingerprint density at radius 2 is 2.36 bits per heavy atom. The fraction of sp³-hybridized carbons (Fsp3) is 0.545. The number of rotatable bonds is 7. The summed E-state index contributed by atoms with van der Waals surface area (Å²) in [5.74, 6) is 0. The molecule has 0 aliphatic heterocycles. The Labute approximate surface area is 84.7 Å². The third-order valence-electron chi connectivity index (χ3n) is 2.05. The molecule has 0 N–H and O–H groups in total. The van der Waals surface area contributed by atoms with Crippen LogP contribution in [0.5, 0.6) is 0 Å². The zero-order valence-corrected chi connectivity index (χ0v) is 8.61. The van der Waals surface area contributed by atoms with E-state index < -0.39 is 0 Å². The van der Waals surface area contributed by atoms with Gasteiger partial charge in [-0.15, -0.1) is 0 Å². The Morgan fingerprint density at radius 3 is 3.00 bits per heavy atom. The van der Waals surface area contributed by atoms with Gasteiger partial charge in [0.1, 0.15) is 0 Å². The summed E-state index contributed by atoms with van der Waals surface area (Å²) in [5.41, 5.74) is 0.721. The van der Waals surface area contributed by atoms with Crippen LogP contribution in [0.15, 0.2) is 18.5 Å². The highest BCUT2D eigenvalue weighted by atomic mass is 16.5. The van der Waals surface area contributed by atoms with Crippen molar-refractivity contribution in [3.05, 3.63) is 24.0 Å². The quantitative estimate of drug-likeness (QED) is 0.493. The lowest BCUT2D eigenvalue weighted by Gasteiger charge is -2.03. The van der Waals surface area contributed by atoms with Crippen LogP contribution in [-0.4, -0.2) is 24.1 Å². The Hall–Kier alpha value is -1.09. The SMILES string of the molecule is CCCCOCCn1ccc(C=O)c1. The highest BCUT2D eigenvalue weighted by molar-refractivity contribution is 5.74. The first-order valence-corrected chi connectivity index (χ1v) is 5.05. The van der Waals surface area contributed by atoms with Crippen molar-refractivity contribution in [2.24, 2.45) is 0 Å². The van der Waals surface area contributed by atoms with Gasteiger partial charge < -0.3 is 9.30 Å². The molecule has 0 saturated heterocycles. The molecule has 14 heavy (non-hydrogen) atoms. The monoisotopic (exact) mass is 195 g/mol. The number of unbranched alkanes of at least 4 members (excludes halogenated alkanes) is 1. The predicted molar refractivity (Wildman–Crippen MR) is 55.5 cm³/mol. The zero-order valence-electron chi connectivity index (χ0n) is 8.61. The molecule has 0 atom stereocenters. The van der Waals surface area contributed by atoms with Crippen molar-refractivity contribution in [1.82, 2.24) is 4.57 Å². The first-order valence-electron chi connectivity index (χ1n) is 5.05. The normalized spacial score (nSPS) is 10.4. The summed E-state index contributed by atoms with van der Waals surface area (Å²) in [7, 11) is 0. The van der Waals surface area contributed by atoms with Crippen LogP contribution in [0.25, 0.3) is 0 Å². The molecule has 0 aliphatic carbocycles. The van der Waals surface area contributed by atoms with Crippen molar-refractivity contribution in [3.63, 3.8) is 0 Å². The maximum Gasteiger partial charge on any atom is 0.151 e. The molecule has 0 unspecified atom stereocenters. The molecule has 0 spiro atoms. The molecule has 0 fully saturated rings.